The normalized spacial score (nSPS) is 12.0. The van der Waals surface area contributed by atoms with Crippen molar-refractivity contribution in [2.45, 2.75) is 0 Å². The Hall–Kier alpha value is -4.84. The second kappa shape index (κ2) is 6.61. The van der Waals surface area contributed by atoms with E-state index in [-0.39, 0.29) is 21.7 Å². The van der Waals surface area contributed by atoms with Crippen molar-refractivity contribution in [3.8, 4) is 0 Å². The van der Waals surface area contributed by atoms with Gasteiger partial charge in [-0.1, -0.05) is 48.5 Å². The van der Waals surface area contributed by atoms with Gasteiger partial charge in [0.2, 0.25) is 10.9 Å². The maximum absolute atomic E-state index is 13.5. The number of benzene rings is 6. The molecular weight excluding hydrogens is 440 g/mol. The van der Waals surface area contributed by atoms with Crippen LogP contribution < -0.4 is 31.3 Å². The van der Waals surface area contributed by atoms with Crippen LogP contribution in [0.2, 0.25) is 0 Å². The first-order chi connectivity index (χ1) is 17.0. The number of H-pyrrole nitrogens is 1. The molecule has 0 amide bonds. The van der Waals surface area contributed by atoms with Crippen LogP contribution in [0.25, 0.3) is 65.2 Å². The second-order valence-corrected chi connectivity index (χ2v) is 8.86. The first-order valence-electron chi connectivity index (χ1n) is 11.2. The lowest BCUT2D eigenvalue weighted by Gasteiger charge is -2.04. The monoisotopic (exact) mass is 456 g/mol. The lowest BCUT2D eigenvalue weighted by Crippen LogP contribution is -2.36. The molecule has 0 radical (unpaired) electrons. The molecule has 0 saturated heterocycles. The number of hydrogen-bond donors (Lipinski definition) is 0. The molecule has 6 nitrogen and oxygen atoms in total. The molecule has 35 heavy (non-hydrogen) atoms. The lowest BCUT2D eigenvalue weighted by atomic mass is 9.99. The molecule has 6 aromatic carbocycles. The van der Waals surface area contributed by atoms with E-state index >= 15 is 0 Å². The minimum atomic E-state index is -0.227. The van der Waals surface area contributed by atoms with Gasteiger partial charge < -0.3 is 0 Å². The highest BCUT2D eigenvalue weighted by atomic mass is 16.1. The number of aryl methyl sites for hydroxylation is 1. The number of aromatic amines is 1. The molecule has 0 aliphatic heterocycles. The van der Waals surface area contributed by atoms with Crippen LogP contribution in [-0.4, -0.2) is 0 Å². The molecule has 1 N–H and O–H groups in total. The van der Waals surface area contributed by atoms with E-state index in [9.17, 15) is 19.2 Å². The van der Waals surface area contributed by atoms with Crippen LogP contribution in [0.4, 0.5) is 0 Å². The first-order valence-corrected chi connectivity index (χ1v) is 11.2. The van der Waals surface area contributed by atoms with Gasteiger partial charge in [-0.3, -0.25) is 19.2 Å². The van der Waals surface area contributed by atoms with Crippen molar-refractivity contribution < 1.29 is 9.55 Å². The van der Waals surface area contributed by atoms with Crippen LogP contribution in [0.3, 0.4) is 0 Å². The van der Waals surface area contributed by atoms with E-state index < -0.39 is 0 Å². The molecule has 7 aromatic rings. The smallest absolute Gasteiger partial charge is 0.289 e. The highest BCUT2D eigenvalue weighted by Gasteiger charge is 2.28. The number of aromatic nitrogens is 2. The highest BCUT2D eigenvalue weighted by molar-refractivity contribution is 6.10. The number of nitrogens with zero attached hydrogens (tertiary/aromatic N) is 1. The Morgan fingerprint density at radius 1 is 0.543 bits per heavy atom. The average molecular weight is 456 g/mol. The third-order valence-corrected chi connectivity index (χ3v) is 7.09. The molecule has 1 aromatic heterocycles. The summed E-state index contributed by atoms with van der Waals surface area (Å²) in [4.78, 5) is 56.7. The predicted molar refractivity (Wildman–Crippen MR) is 137 cm³/mol. The van der Waals surface area contributed by atoms with Crippen LogP contribution in [0.15, 0.2) is 92.0 Å². The van der Waals surface area contributed by atoms with Crippen molar-refractivity contribution in [2.24, 2.45) is 7.05 Å². The van der Waals surface area contributed by atoms with Gasteiger partial charge in [0, 0.05) is 44.5 Å². The lowest BCUT2D eigenvalue weighted by molar-refractivity contribution is -0.622. The van der Waals surface area contributed by atoms with Crippen molar-refractivity contribution in [3.05, 3.63) is 114 Å². The van der Waals surface area contributed by atoms with Crippen LogP contribution in [0, 0.1) is 0 Å². The number of fused-ring (bicyclic) bond motifs is 8. The summed E-state index contributed by atoms with van der Waals surface area (Å²) in [6.07, 6.45) is 0. The second-order valence-electron chi connectivity index (χ2n) is 8.86. The van der Waals surface area contributed by atoms with Gasteiger partial charge in [-0.15, -0.1) is 0 Å². The third-order valence-electron chi connectivity index (χ3n) is 7.09. The van der Waals surface area contributed by atoms with Crippen LogP contribution in [0.5, 0.6) is 0 Å². The molecule has 164 valence electrons. The van der Waals surface area contributed by atoms with Crippen LogP contribution in [0.1, 0.15) is 0 Å². The topological polar surface area (TPSA) is 86.3 Å². The molecule has 0 aliphatic rings. The SMILES string of the molecule is C[n+]1c2ccc3c(=O)c4ccccc4c(=O)c3c2[nH+]c2ccc3c(=O)c4ccccc4c(=O)c3c21. The van der Waals surface area contributed by atoms with Gasteiger partial charge in [0.15, 0.2) is 10.9 Å². The fourth-order valence-electron chi connectivity index (χ4n) is 5.46. The number of nitrogens with one attached hydrogen (secondary N) is 1. The summed E-state index contributed by atoms with van der Waals surface area (Å²) < 4.78 is 1.82. The van der Waals surface area contributed by atoms with E-state index in [4.69, 9.17) is 0 Å². The Morgan fingerprint density at radius 3 is 1.63 bits per heavy atom. The summed E-state index contributed by atoms with van der Waals surface area (Å²) in [7, 11) is 1.80. The van der Waals surface area contributed by atoms with Crippen molar-refractivity contribution in [3.63, 3.8) is 0 Å². The van der Waals surface area contributed by atoms with Crippen molar-refractivity contribution in [1.29, 1.82) is 0 Å². The maximum atomic E-state index is 13.5. The van der Waals surface area contributed by atoms with Gasteiger partial charge >= 0.3 is 0 Å². The minimum absolute atomic E-state index is 0.194. The van der Waals surface area contributed by atoms with Gasteiger partial charge in [-0.25, -0.2) is 0 Å². The molecule has 7 rings (SSSR count). The van der Waals surface area contributed by atoms with E-state index in [1.165, 1.54) is 0 Å². The summed E-state index contributed by atoms with van der Waals surface area (Å²) in [5.41, 5.74) is 1.47. The largest absolute Gasteiger partial charge is 0.289 e. The van der Waals surface area contributed by atoms with Gasteiger partial charge in [0.05, 0.1) is 0 Å². The molecule has 0 aliphatic carbocycles. The predicted octanol–water partition coefficient (Wildman–Crippen LogP) is 2.56. The van der Waals surface area contributed by atoms with E-state index in [0.29, 0.717) is 65.2 Å². The molecule has 6 heteroatoms. The van der Waals surface area contributed by atoms with E-state index in [2.05, 4.69) is 4.98 Å². The zero-order chi connectivity index (χ0) is 24.0. The standard InChI is InChI=1S/C29H15N2O4/c1-31-21-13-11-18-22(28(34)16-8-4-2-6-14(16)26(18)32)24(21)30-20-12-10-19-23(25(20)31)29(35)17-9-5-3-7-15(17)27(19)33/h2-13H,1H3/q+1/p+1. The van der Waals surface area contributed by atoms with E-state index in [1.54, 1.807) is 79.8 Å². The Kier molecular flexibility index (Phi) is 3.70. The summed E-state index contributed by atoms with van der Waals surface area (Å²) in [5, 5.41) is 2.88. The van der Waals surface area contributed by atoms with Gasteiger partial charge in [-0.2, -0.15) is 9.55 Å². The summed E-state index contributed by atoms with van der Waals surface area (Å²) in [6, 6.07) is 20.5. The van der Waals surface area contributed by atoms with E-state index in [0.717, 1.165) is 0 Å². The quantitative estimate of drug-likeness (QED) is 0.199. The Bertz CT molecular complexity index is 2310. The zero-order valence-corrected chi connectivity index (χ0v) is 18.5. The molecule has 0 bridgehead atoms. The Labute approximate surface area is 195 Å². The van der Waals surface area contributed by atoms with Crippen molar-refractivity contribution in [1.82, 2.24) is 0 Å². The molecule has 0 spiro atoms. The fraction of sp³-hybridized carbons (Fsp3) is 0.0345. The van der Waals surface area contributed by atoms with Crippen molar-refractivity contribution in [2.75, 3.05) is 0 Å². The van der Waals surface area contributed by atoms with Gasteiger partial charge in [0.1, 0.15) is 17.8 Å². The molecule has 0 fully saturated rings. The van der Waals surface area contributed by atoms with Crippen LogP contribution >= 0.6 is 0 Å². The molecule has 0 atom stereocenters. The number of hydrogen-bond acceptors (Lipinski definition) is 4. The first kappa shape index (κ1) is 19.6. The minimum Gasteiger partial charge on any atom is -0.289 e. The number of rotatable bonds is 0. The van der Waals surface area contributed by atoms with Gasteiger partial charge in [-0.05, 0) is 12.1 Å². The summed E-state index contributed by atoms with van der Waals surface area (Å²) in [6.45, 7) is 0. The zero-order valence-electron chi connectivity index (χ0n) is 18.5. The molecule has 0 unspecified atom stereocenters. The van der Waals surface area contributed by atoms with Crippen molar-refractivity contribution >= 4 is 65.2 Å². The molecule has 1 heterocycles. The molecule has 0 saturated carbocycles. The Morgan fingerprint density at radius 2 is 1.03 bits per heavy atom. The van der Waals surface area contributed by atoms with Gasteiger partial charge in [0.25, 0.3) is 22.1 Å². The van der Waals surface area contributed by atoms with E-state index in [1.807, 2.05) is 4.57 Å². The Balaban J connectivity index is 1.76. The fourth-order valence-corrected chi connectivity index (χ4v) is 5.46. The maximum Gasteiger partial charge on any atom is 0.289 e. The summed E-state index contributed by atoms with van der Waals surface area (Å²) >= 11 is 0. The summed E-state index contributed by atoms with van der Waals surface area (Å²) in [5.74, 6) is 0. The molecular formula is C29H16N2O4+2. The average Bonchev–Trinajstić information content (AvgIpc) is 2.89. The third kappa shape index (κ3) is 2.38. The van der Waals surface area contributed by atoms with Crippen LogP contribution in [-0.2, 0) is 7.05 Å². The highest BCUT2D eigenvalue weighted by Crippen LogP contribution is 2.23.